The van der Waals surface area contributed by atoms with Crippen LogP contribution >= 0.6 is 0 Å². The van der Waals surface area contributed by atoms with Crippen LogP contribution in [0.25, 0.3) is 0 Å². The number of imide groups is 1. The Bertz CT molecular complexity index is 631. The van der Waals surface area contributed by atoms with Crippen LogP contribution in [0.2, 0.25) is 0 Å². The minimum absolute atomic E-state index is 0.0395. The SMILES string of the molecule is O=C1NCC(NC(=O)c2cc(N3CCOCC3)ncn2)C(=O)N1. The molecule has 10 heteroatoms. The van der Waals surface area contributed by atoms with Gasteiger partial charge in [-0.05, 0) is 0 Å². The first kappa shape index (κ1) is 15.2. The summed E-state index contributed by atoms with van der Waals surface area (Å²) < 4.78 is 5.28. The Kier molecular flexibility index (Phi) is 4.33. The lowest BCUT2D eigenvalue weighted by atomic mass is 10.2. The van der Waals surface area contributed by atoms with Crippen molar-refractivity contribution >= 4 is 23.7 Å². The standard InChI is InChI=1S/C13H16N6O4/c20-11(17-9-6-14-13(22)18-12(9)21)8-5-10(16-7-15-8)19-1-3-23-4-2-19/h5,7,9H,1-4,6H2,(H,17,20)(H2,14,18,21,22). The van der Waals surface area contributed by atoms with E-state index in [1.54, 1.807) is 6.07 Å². The monoisotopic (exact) mass is 320 g/mol. The molecule has 1 unspecified atom stereocenters. The van der Waals surface area contributed by atoms with E-state index >= 15 is 0 Å². The Hall–Kier alpha value is -2.75. The minimum atomic E-state index is -0.831. The van der Waals surface area contributed by atoms with Gasteiger partial charge in [0, 0.05) is 25.7 Å². The molecule has 23 heavy (non-hydrogen) atoms. The third kappa shape index (κ3) is 3.54. The largest absolute Gasteiger partial charge is 0.378 e. The molecule has 3 N–H and O–H groups in total. The maximum absolute atomic E-state index is 12.2. The Labute approximate surface area is 131 Å². The number of carbonyl (C=O) groups is 3. The van der Waals surface area contributed by atoms with Crippen LogP contribution in [0.3, 0.4) is 0 Å². The lowest BCUT2D eigenvalue weighted by Gasteiger charge is -2.27. The zero-order valence-corrected chi connectivity index (χ0v) is 12.2. The van der Waals surface area contributed by atoms with Crippen molar-refractivity contribution in [3.63, 3.8) is 0 Å². The number of nitrogens with one attached hydrogen (secondary N) is 3. The molecule has 2 fully saturated rings. The summed E-state index contributed by atoms with van der Waals surface area (Å²) in [5.74, 6) is -0.419. The van der Waals surface area contributed by atoms with Crippen molar-refractivity contribution in [1.29, 1.82) is 0 Å². The van der Waals surface area contributed by atoms with Crippen LogP contribution in [0.5, 0.6) is 0 Å². The van der Waals surface area contributed by atoms with Crippen molar-refractivity contribution in [3.8, 4) is 0 Å². The number of rotatable bonds is 3. The summed E-state index contributed by atoms with van der Waals surface area (Å²) in [4.78, 5) is 45.0. The van der Waals surface area contributed by atoms with Gasteiger partial charge in [0.25, 0.3) is 11.8 Å². The summed E-state index contributed by atoms with van der Waals surface area (Å²) in [6.07, 6.45) is 1.31. The first-order chi connectivity index (χ1) is 11.1. The number of hydrogen-bond acceptors (Lipinski definition) is 7. The van der Waals surface area contributed by atoms with Crippen LogP contribution in [0, 0.1) is 0 Å². The summed E-state index contributed by atoms with van der Waals surface area (Å²) in [7, 11) is 0. The number of hydrogen-bond donors (Lipinski definition) is 3. The van der Waals surface area contributed by atoms with Gasteiger partial charge in [-0.1, -0.05) is 0 Å². The third-order valence-corrected chi connectivity index (χ3v) is 3.55. The zero-order chi connectivity index (χ0) is 16.2. The maximum Gasteiger partial charge on any atom is 0.321 e. The van der Waals surface area contributed by atoms with Crippen LogP contribution in [-0.2, 0) is 9.53 Å². The van der Waals surface area contributed by atoms with Gasteiger partial charge in [-0.15, -0.1) is 0 Å². The van der Waals surface area contributed by atoms with Crippen LogP contribution in [0.1, 0.15) is 10.5 Å². The molecule has 1 atom stereocenters. The quantitative estimate of drug-likeness (QED) is 0.603. The number of amides is 4. The number of nitrogens with zero attached hydrogens (tertiary/aromatic N) is 3. The first-order valence-corrected chi connectivity index (χ1v) is 7.18. The fraction of sp³-hybridized carbons (Fsp3) is 0.462. The molecule has 122 valence electrons. The van der Waals surface area contributed by atoms with E-state index in [0.717, 1.165) is 0 Å². The van der Waals surface area contributed by atoms with Crippen molar-refractivity contribution in [3.05, 3.63) is 18.1 Å². The van der Waals surface area contributed by atoms with E-state index in [0.29, 0.717) is 32.1 Å². The molecule has 4 amide bonds. The number of ether oxygens (including phenoxy) is 1. The fourth-order valence-electron chi connectivity index (χ4n) is 2.32. The summed E-state index contributed by atoms with van der Waals surface area (Å²) in [6, 6.07) is 0.166. The lowest BCUT2D eigenvalue weighted by molar-refractivity contribution is -0.122. The number of anilines is 1. The highest BCUT2D eigenvalue weighted by Crippen LogP contribution is 2.12. The van der Waals surface area contributed by atoms with Crippen LogP contribution in [-0.4, -0.2) is 66.7 Å². The molecule has 2 aliphatic heterocycles. The molecule has 0 bridgehead atoms. The van der Waals surface area contributed by atoms with Gasteiger partial charge in [-0.25, -0.2) is 14.8 Å². The summed E-state index contributed by atoms with van der Waals surface area (Å²) in [5, 5.41) is 7.07. The molecule has 0 saturated carbocycles. The smallest absolute Gasteiger partial charge is 0.321 e. The van der Waals surface area contributed by atoms with Crippen molar-refractivity contribution in [1.82, 2.24) is 25.9 Å². The average Bonchev–Trinajstić information content (AvgIpc) is 2.58. The fourth-order valence-corrected chi connectivity index (χ4v) is 2.32. The molecule has 10 nitrogen and oxygen atoms in total. The van der Waals surface area contributed by atoms with Crippen molar-refractivity contribution < 1.29 is 19.1 Å². The van der Waals surface area contributed by atoms with Gasteiger partial charge in [0.15, 0.2) is 0 Å². The van der Waals surface area contributed by atoms with E-state index in [1.165, 1.54) is 6.33 Å². The number of urea groups is 1. The first-order valence-electron chi connectivity index (χ1n) is 7.18. The van der Waals surface area contributed by atoms with Crippen LogP contribution < -0.4 is 20.9 Å². The zero-order valence-electron chi connectivity index (χ0n) is 12.2. The highest BCUT2D eigenvalue weighted by atomic mass is 16.5. The Balaban J connectivity index is 1.67. The predicted molar refractivity (Wildman–Crippen MR) is 77.9 cm³/mol. The number of aromatic nitrogens is 2. The summed E-state index contributed by atoms with van der Waals surface area (Å²) in [6.45, 7) is 2.63. The molecule has 1 aromatic rings. The van der Waals surface area contributed by atoms with E-state index < -0.39 is 23.9 Å². The molecule has 3 rings (SSSR count). The van der Waals surface area contributed by atoms with Gasteiger partial charge in [0.1, 0.15) is 23.9 Å². The van der Waals surface area contributed by atoms with Crippen molar-refractivity contribution in [2.24, 2.45) is 0 Å². The Morgan fingerprint density at radius 3 is 2.83 bits per heavy atom. The second kappa shape index (κ2) is 6.57. The van der Waals surface area contributed by atoms with Gasteiger partial charge < -0.3 is 20.3 Å². The predicted octanol–water partition coefficient (Wildman–Crippen LogP) is -1.75. The van der Waals surface area contributed by atoms with Gasteiger partial charge in [-0.3, -0.25) is 14.9 Å². The molecule has 0 aliphatic carbocycles. The van der Waals surface area contributed by atoms with Gasteiger partial charge >= 0.3 is 6.03 Å². The highest BCUT2D eigenvalue weighted by Gasteiger charge is 2.28. The normalized spacial score (nSPS) is 21.4. The van der Waals surface area contributed by atoms with Crippen LogP contribution in [0.4, 0.5) is 10.6 Å². The molecular formula is C13H16N6O4. The molecule has 0 aromatic carbocycles. The van der Waals surface area contributed by atoms with E-state index in [1.807, 2.05) is 4.90 Å². The average molecular weight is 320 g/mol. The molecule has 2 saturated heterocycles. The minimum Gasteiger partial charge on any atom is -0.378 e. The molecule has 1 aromatic heterocycles. The molecule has 3 heterocycles. The second-order valence-electron chi connectivity index (χ2n) is 5.09. The summed E-state index contributed by atoms with van der Waals surface area (Å²) >= 11 is 0. The summed E-state index contributed by atoms with van der Waals surface area (Å²) in [5.41, 5.74) is 0.159. The van der Waals surface area contributed by atoms with E-state index in [2.05, 4.69) is 25.9 Å². The molecular weight excluding hydrogens is 304 g/mol. The van der Waals surface area contributed by atoms with E-state index in [4.69, 9.17) is 4.74 Å². The molecule has 0 spiro atoms. The Morgan fingerprint density at radius 1 is 1.30 bits per heavy atom. The van der Waals surface area contributed by atoms with Gasteiger partial charge in [0.2, 0.25) is 0 Å². The molecule has 2 aliphatic rings. The third-order valence-electron chi connectivity index (χ3n) is 3.55. The second-order valence-corrected chi connectivity index (χ2v) is 5.09. The van der Waals surface area contributed by atoms with Crippen LogP contribution in [0.15, 0.2) is 12.4 Å². The van der Waals surface area contributed by atoms with E-state index in [-0.39, 0.29) is 12.2 Å². The maximum atomic E-state index is 12.2. The van der Waals surface area contributed by atoms with Crippen molar-refractivity contribution in [2.75, 3.05) is 37.7 Å². The van der Waals surface area contributed by atoms with Gasteiger partial charge in [-0.2, -0.15) is 0 Å². The van der Waals surface area contributed by atoms with Crippen molar-refractivity contribution in [2.45, 2.75) is 6.04 Å². The Morgan fingerprint density at radius 2 is 2.09 bits per heavy atom. The van der Waals surface area contributed by atoms with Gasteiger partial charge in [0.05, 0.1) is 13.2 Å². The topological polar surface area (TPSA) is 126 Å². The number of carbonyl (C=O) groups excluding carboxylic acids is 3. The number of morpholine rings is 1. The lowest BCUT2D eigenvalue weighted by Crippen LogP contribution is -2.61. The van der Waals surface area contributed by atoms with E-state index in [9.17, 15) is 14.4 Å². The highest BCUT2D eigenvalue weighted by molar-refractivity contribution is 6.03. The molecule has 0 radical (unpaired) electrons.